The molecule has 2 atom stereocenters. The summed E-state index contributed by atoms with van der Waals surface area (Å²) in [4.78, 5) is 0. The van der Waals surface area contributed by atoms with Gasteiger partial charge in [0.15, 0.2) is 0 Å². The molecule has 0 bridgehead atoms. The summed E-state index contributed by atoms with van der Waals surface area (Å²) < 4.78 is 2.28. The third kappa shape index (κ3) is 3.67. The van der Waals surface area contributed by atoms with Crippen LogP contribution in [-0.4, -0.2) is 6.04 Å². The molecule has 2 rings (SSSR count). The Morgan fingerprint density at radius 3 is 2.76 bits per heavy atom. The monoisotopic (exact) mass is 357 g/mol. The van der Waals surface area contributed by atoms with Crippen LogP contribution >= 0.6 is 31.9 Å². The van der Waals surface area contributed by atoms with Crippen molar-refractivity contribution in [3.05, 3.63) is 44.9 Å². The van der Waals surface area contributed by atoms with Gasteiger partial charge in [0, 0.05) is 21.0 Å². The van der Waals surface area contributed by atoms with E-state index in [4.69, 9.17) is 0 Å². The fraction of sp³-hybridized carbons (Fsp3) is 0.429. The van der Waals surface area contributed by atoms with Gasteiger partial charge >= 0.3 is 0 Å². The van der Waals surface area contributed by atoms with Crippen LogP contribution in [0.3, 0.4) is 0 Å². The van der Waals surface area contributed by atoms with E-state index in [0.29, 0.717) is 12.1 Å². The number of allylic oxidation sites excluding steroid dienone is 1. The van der Waals surface area contributed by atoms with Gasteiger partial charge in [-0.2, -0.15) is 0 Å². The molecule has 0 amide bonds. The maximum absolute atomic E-state index is 3.70. The van der Waals surface area contributed by atoms with Crippen molar-refractivity contribution < 1.29 is 0 Å². The standard InChI is InChI=1S/C14H17Br2N/c1-10(17-12-5-3-2-4-6-12)13-8-7-11(15)9-14(13)16/h2-3,7-10,12,17H,4-6H2,1H3. The summed E-state index contributed by atoms with van der Waals surface area (Å²) in [5.41, 5.74) is 1.32. The summed E-state index contributed by atoms with van der Waals surface area (Å²) in [6.45, 7) is 2.23. The molecule has 1 aliphatic rings. The minimum Gasteiger partial charge on any atom is -0.307 e. The molecule has 0 saturated carbocycles. The lowest BCUT2D eigenvalue weighted by Gasteiger charge is -2.25. The Hall–Kier alpha value is -0.120. The second kappa shape index (κ2) is 6.17. The second-order valence-corrected chi connectivity index (χ2v) is 6.31. The third-order valence-corrected chi connectivity index (χ3v) is 4.36. The van der Waals surface area contributed by atoms with Gasteiger partial charge in [0.05, 0.1) is 0 Å². The molecular formula is C14H17Br2N. The zero-order valence-electron chi connectivity index (χ0n) is 9.92. The Kier molecular flexibility index (Phi) is 4.83. The molecule has 1 N–H and O–H groups in total. The van der Waals surface area contributed by atoms with Gasteiger partial charge in [-0.15, -0.1) is 0 Å². The predicted octanol–water partition coefficient (Wildman–Crippen LogP) is 4.97. The van der Waals surface area contributed by atoms with Crippen molar-refractivity contribution >= 4 is 31.9 Å². The first-order valence-electron chi connectivity index (χ1n) is 6.03. The molecule has 0 saturated heterocycles. The quantitative estimate of drug-likeness (QED) is 0.752. The van der Waals surface area contributed by atoms with Crippen molar-refractivity contribution in [3.63, 3.8) is 0 Å². The van der Waals surface area contributed by atoms with Crippen molar-refractivity contribution in [2.24, 2.45) is 0 Å². The van der Waals surface area contributed by atoms with E-state index < -0.39 is 0 Å². The highest BCUT2D eigenvalue weighted by Gasteiger charge is 2.15. The van der Waals surface area contributed by atoms with E-state index in [1.165, 1.54) is 22.9 Å². The Bertz CT molecular complexity index is 415. The van der Waals surface area contributed by atoms with E-state index in [-0.39, 0.29) is 0 Å². The van der Waals surface area contributed by atoms with E-state index in [0.717, 1.165) is 10.9 Å². The van der Waals surface area contributed by atoms with Gasteiger partial charge in [-0.1, -0.05) is 50.1 Å². The van der Waals surface area contributed by atoms with Crippen LogP contribution in [0.15, 0.2) is 39.3 Å². The summed E-state index contributed by atoms with van der Waals surface area (Å²) in [5.74, 6) is 0. The summed E-state index contributed by atoms with van der Waals surface area (Å²) in [5, 5.41) is 3.70. The zero-order chi connectivity index (χ0) is 12.3. The lowest BCUT2D eigenvalue weighted by molar-refractivity contribution is 0.425. The average molecular weight is 359 g/mol. The first kappa shape index (κ1) is 13.3. The molecule has 1 aromatic carbocycles. The van der Waals surface area contributed by atoms with Crippen molar-refractivity contribution in [2.75, 3.05) is 0 Å². The maximum atomic E-state index is 3.70. The van der Waals surface area contributed by atoms with Gasteiger partial charge in [-0.05, 0) is 43.9 Å². The number of nitrogens with one attached hydrogen (secondary N) is 1. The average Bonchev–Trinajstić information content (AvgIpc) is 2.30. The number of benzene rings is 1. The Morgan fingerprint density at radius 1 is 1.29 bits per heavy atom. The topological polar surface area (TPSA) is 12.0 Å². The van der Waals surface area contributed by atoms with Crippen molar-refractivity contribution in [2.45, 2.75) is 38.3 Å². The first-order valence-corrected chi connectivity index (χ1v) is 7.61. The van der Waals surface area contributed by atoms with Crippen molar-refractivity contribution in [1.29, 1.82) is 0 Å². The summed E-state index contributed by atoms with van der Waals surface area (Å²) in [6.07, 6.45) is 8.16. The van der Waals surface area contributed by atoms with Gasteiger partial charge in [-0.25, -0.2) is 0 Å². The maximum Gasteiger partial charge on any atom is 0.0305 e. The molecular weight excluding hydrogens is 342 g/mol. The molecule has 1 aromatic rings. The van der Waals surface area contributed by atoms with Crippen LogP contribution in [0.2, 0.25) is 0 Å². The van der Waals surface area contributed by atoms with Crippen LogP contribution in [0.1, 0.15) is 37.8 Å². The fourth-order valence-corrected chi connectivity index (χ4v) is 3.63. The van der Waals surface area contributed by atoms with Crippen LogP contribution in [0.4, 0.5) is 0 Å². The lowest BCUT2D eigenvalue weighted by Crippen LogP contribution is -2.32. The Morgan fingerprint density at radius 2 is 2.12 bits per heavy atom. The number of halogens is 2. The molecule has 0 radical (unpaired) electrons. The molecule has 0 heterocycles. The largest absolute Gasteiger partial charge is 0.307 e. The Labute approximate surface area is 120 Å². The molecule has 0 fully saturated rings. The van der Waals surface area contributed by atoms with E-state index in [1.54, 1.807) is 0 Å². The third-order valence-electron chi connectivity index (χ3n) is 3.18. The van der Waals surface area contributed by atoms with Gasteiger partial charge in [0.1, 0.15) is 0 Å². The van der Waals surface area contributed by atoms with Crippen molar-refractivity contribution in [3.8, 4) is 0 Å². The summed E-state index contributed by atoms with van der Waals surface area (Å²) in [7, 11) is 0. The van der Waals surface area contributed by atoms with E-state index >= 15 is 0 Å². The van der Waals surface area contributed by atoms with E-state index in [2.05, 4.69) is 74.5 Å². The van der Waals surface area contributed by atoms with E-state index in [1.807, 2.05) is 0 Å². The smallest absolute Gasteiger partial charge is 0.0305 e. The second-order valence-electron chi connectivity index (χ2n) is 4.54. The van der Waals surface area contributed by atoms with Crippen LogP contribution in [0.25, 0.3) is 0 Å². The molecule has 0 aromatic heterocycles. The summed E-state index contributed by atoms with van der Waals surface area (Å²) in [6, 6.07) is 7.37. The molecule has 1 nitrogen and oxygen atoms in total. The number of hydrogen-bond acceptors (Lipinski definition) is 1. The molecule has 0 spiro atoms. The highest BCUT2D eigenvalue weighted by Crippen LogP contribution is 2.27. The highest BCUT2D eigenvalue weighted by molar-refractivity contribution is 9.11. The molecule has 0 aliphatic heterocycles. The van der Waals surface area contributed by atoms with Gasteiger partial charge < -0.3 is 5.32 Å². The highest BCUT2D eigenvalue weighted by atomic mass is 79.9. The fourth-order valence-electron chi connectivity index (χ4n) is 2.24. The normalized spacial score (nSPS) is 21.5. The zero-order valence-corrected chi connectivity index (χ0v) is 13.1. The SMILES string of the molecule is CC(NC1CC=CCC1)c1ccc(Br)cc1Br. The molecule has 2 unspecified atom stereocenters. The van der Waals surface area contributed by atoms with Crippen LogP contribution in [0, 0.1) is 0 Å². The van der Waals surface area contributed by atoms with Crippen LogP contribution in [-0.2, 0) is 0 Å². The van der Waals surface area contributed by atoms with E-state index in [9.17, 15) is 0 Å². The molecule has 17 heavy (non-hydrogen) atoms. The molecule has 1 aliphatic carbocycles. The van der Waals surface area contributed by atoms with Crippen molar-refractivity contribution in [1.82, 2.24) is 5.32 Å². The van der Waals surface area contributed by atoms with Gasteiger partial charge in [0.25, 0.3) is 0 Å². The molecule has 3 heteroatoms. The molecule has 92 valence electrons. The lowest BCUT2D eigenvalue weighted by atomic mass is 9.99. The van der Waals surface area contributed by atoms with Gasteiger partial charge in [-0.3, -0.25) is 0 Å². The summed E-state index contributed by atoms with van der Waals surface area (Å²) >= 11 is 7.11. The van der Waals surface area contributed by atoms with Crippen LogP contribution in [0.5, 0.6) is 0 Å². The number of hydrogen-bond donors (Lipinski definition) is 1. The minimum absolute atomic E-state index is 0.383. The van der Waals surface area contributed by atoms with Crippen LogP contribution < -0.4 is 5.32 Å². The predicted molar refractivity (Wildman–Crippen MR) is 80.2 cm³/mol. The Balaban J connectivity index is 2.03. The minimum atomic E-state index is 0.383. The number of rotatable bonds is 3. The first-order chi connectivity index (χ1) is 8.16. The van der Waals surface area contributed by atoms with Gasteiger partial charge in [0.2, 0.25) is 0 Å².